The predicted molar refractivity (Wildman–Crippen MR) is 130 cm³/mol. The molecular weight excluding hydrogens is 450 g/mol. The Hall–Kier alpha value is -2.78. The van der Waals surface area contributed by atoms with Crippen LogP contribution in [0.5, 0.6) is 0 Å². The van der Waals surface area contributed by atoms with Gasteiger partial charge in [-0.1, -0.05) is 5.92 Å². The van der Waals surface area contributed by atoms with Crippen molar-refractivity contribution in [3.63, 3.8) is 0 Å². The number of hydrogen-bond acceptors (Lipinski definition) is 9. The highest BCUT2D eigenvalue weighted by Gasteiger charge is 2.47. The average Bonchev–Trinajstić information content (AvgIpc) is 3.36. The summed E-state index contributed by atoms with van der Waals surface area (Å²) in [5, 5.41) is 23.5. The quantitative estimate of drug-likeness (QED) is 0.423. The minimum Gasteiger partial charge on any atom is -0.387 e. The molecule has 0 aromatic carbocycles. The first kappa shape index (κ1) is 25.3. The Labute approximate surface area is 205 Å². The van der Waals surface area contributed by atoms with Crippen molar-refractivity contribution >= 4 is 22.9 Å². The van der Waals surface area contributed by atoms with E-state index < -0.39 is 30.4 Å². The minimum atomic E-state index is -1.39. The zero-order valence-electron chi connectivity index (χ0n) is 20.5. The van der Waals surface area contributed by atoms with Gasteiger partial charge in [-0.3, -0.25) is 9.36 Å². The van der Waals surface area contributed by atoms with E-state index in [1.807, 2.05) is 0 Å². The largest absolute Gasteiger partial charge is 0.387 e. The Morgan fingerprint density at radius 3 is 2.63 bits per heavy atom. The summed E-state index contributed by atoms with van der Waals surface area (Å²) in [4.78, 5) is 27.5. The van der Waals surface area contributed by atoms with Crippen LogP contribution in [0, 0.1) is 23.7 Å². The van der Waals surface area contributed by atoms with Crippen molar-refractivity contribution in [3.05, 3.63) is 12.2 Å². The number of nitrogens with zero attached hydrogens (tertiary/aromatic N) is 5. The van der Waals surface area contributed by atoms with Gasteiger partial charge >= 0.3 is 0 Å². The van der Waals surface area contributed by atoms with E-state index >= 15 is 0 Å². The highest BCUT2D eigenvalue weighted by Crippen LogP contribution is 2.33. The zero-order valence-corrected chi connectivity index (χ0v) is 20.5. The number of carbonyl (C=O) groups excluding carboxylic acids is 1. The number of carbonyl (C=O) groups is 1. The van der Waals surface area contributed by atoms with Crippen molar-refractivity contribution < 1.29 is 19.7 Å². The number of amides is 1. The standard InChI is InChI=1S/C24H35N7O4/c1-4-26-23(34)20-18(32)19(33)24(35-20)31-13-27-17-21(25)28-16(29-22(17)31)7-5-6-14-8-10-15(11-9-14)12-30(2)3/h13-15,18-20,24,32-33H,4,6,8-12H2,1-3H3,(H,26,34)(H2,25,28,29). The maximum Gasteiger partial charge on any atom is 0.252 e. The number of likely N-dealkylation sites (N-methyl/N-ethyl adjacent to an activating group) is 1. The molecule has 4 rings (SSSR count). The van der Waals surface area contributed by atoms with E-state index in [9.17, 15) is 15.0 Å². The smallest absolute Gasteiger partial charge is 0.252 e. The number of aliphatic hydroxyl groups excluding tert-OH is 2. The van der Waals surface area contributed by atoms with Crippen molar-refractivity contribution in [2.24, 2.45) is 11.8 Å². The third-order valence-corrected chi connectivity index (χ3v) is 6.75. The van der Waals surface area contributed by atoms with Gasteiger partial charge in [-0.25, -0.2) is 15.0 Å². The van der Waals surface area contributed by atoms with Crippen molar-refractivity contribution in [1.29, 1.82) is 0 Å². The summed E-state index contributed by atoms with van der Waals surface area (Å²) in [7, 11) is 4.24. The summed E-state index contributed by atoms with van der Waals surface area (Å²) in [6, 6.07) is 0. The second-order valence-electron chi connectivity index (χ2n) is 9.73. The van der Waals surface area contributed by atoms with Crippen LogP contribution in [0.2, 0.25) is 0 Å². The number of aliphatic hydroxyl groups is 2. The number of ether oxygens (including phenoxy) is 1. The lowest BCUT2D eigenvalue weighted by molar-refractivity contribution is -0.137. The normalized spacial score (nSPS) is 28.7. The summed E-state index contributed by atoms with van der Waals surface area (Å²) >= 11 is 0. The third-order valence-electron chi connectivity index (χ3n) is 6.75. The van der Waals surface area contributed by atoms with Gasteiger partial charge in [0.25, 0.3) is 5.91 Å². The fourth-order valence-electron chi connectivity index (χ4n) is 4.97. The Balaban J connectivity index is 1.48. The summed E-state index contributed by atoms with van der Waals surface area (Å²) in [6.45, 7) is 3.28. The Morgan fingerprint density at radius 2 is 1.94 bits per heavy atom. The summed E-state index contributed by atoms with van der Waals surface area (Å²) < 4.78 is 7.15. The van der Waals surface area contributed by atoms with E-state index in [4.69, 9.17) is 10.5 Å². The Kier molecular flexibility index (Phi) is 7.86. The van der Waals surface area contributed by atoms with E-state index in [0.717, 1.165) is 18.9 Å². The number of imidazole rings is 1. The second kappa shape index (κ2) is 10.9. The van der Waals surface area contributed by atoms with Crippen LogP contribution in [0.1, 0.15) is 51.1 Å². The SMILES string of the molecule is CCNC(=O)C1OC(n2cnc3c(N)nc(C#CCC4CCC(CN(C)C)CC4)nc32)C(O)C1O. The number of hydrogen-bond donors (Lipinski definition) is 4. The molecule has 0 radical (unpaired) electrons. The highest BCUT2D eigenvalue weighted by atomic mass is 16.6. The topological polar surface area (TPSA) is 152 Å². The fraction of sp³-hybridized carbons (Fsp3) is 0.667. The molecule has 0 spiro atoms. The van der Waals surface area contributed by atoms with Gasteiger partial charge < -0.3 is 30.9 Å². The van der Waals surface area contributed by atoms with Crippen LogP contribution in [0.25, 0.3) is 11.2 Å². The summed E-state index contributed by atoms with van der Waals surface area (Å²) in [6.07, 6.45) is 1.97. The Bertz CT molecular complexity index is 1100. The second-order valence-corrected chi connectivity index (χ2v) is 9.73. The number of nitrogens with two attached hydrogens (primary N) is 1. The van der Waals surface area contributed by atoms with Crippen LogP contribution in [0.4, 0.5) is 5.82 Å². The molecule has 1 saturated carbocycles. The molecule has 2 aromatic rings. The molecule has 11 nitrogen and oxygen atoms in total. The molecule has 1 saturated heterocycles. The molecule has 3 heterocycles. The molecular formula is C24H35N7O4. The Morgan fingerprint density at radius 1 is 1.23 bits per heavy atom. The molecule has 4 unspecified atom stereocenters. The first-order chi connectivity index (χ1) is 16.8. The van der Waals surface area contributed by atoms with Gasteiger partial charge in [0, 0.05) is 19.5 Å². The van der Waals surface area contributed by atoms with Crippen LogP contribution in [0.15, 0.2) is 6.33 Å². The van der Waals surface area contributed by atoms with Crippen LogP contribution in [-0.2, 0) is 9.53 Å². The lowest BCUT2D eigenvalue weighted by atomic mass is 9.80. The highest BCUT2D eigenvalue weighted by molar-refractivity contribution is 5.83. The van der Waals surface area contributed by atoms with Crippen molar-refractivity contribution in [2.45, 2.75) is 63.6 Å². The predicted octanol–water partition coefficient (Wildman–Crippen LogP) is 0.273. The van der Waals surface area contributed by atoms with E-state index in [1.165, 1.54) is 36.6 Å². The molecule has 190 valence electrons. The lowest BCUT2D eigenvalue weighted by Gasteiger charge is -2.29. The van der Waals surface area contributed by atoms with E-state index in [1.54, 1.807) is 6.92 Å². The van der Waals surface area contributed by atoms with Gasteiger partial charge in [-0.05, 0) is 64.5 Å². The number of aromatic nitrogens is 4. The van der Waals surface area contributed by atoms with E-state index in [0.29, 0.717) is 23.6 Å². The first-order valence-electron chi connectivity index (χ1n) is 12.2. The van der Waals surface area contributed by atoms with E-state index in [-0.39, 0.29) is 11.6 Å². The van der Waals surface area contributed by atoms with Gasteiger partial charge in [0.15, 0.2) is 23.8 Å². The minimum absolute atomic E-state index is 0.163. The average molecular weight is 486 g/mol. The van der Waals surface area contributed by atoms with Crippen molar-refractivity contribution in [2.75, 3.05) is 32.9 Å². The maximum absolute atomic E-state index is 12.2. The molecule has 1 aliphatic heterocycles. The fourth-order valence-corrected chi connectivity index (χ4v) is 4.97. The van der Waals surface area contributed by atoms with E-state index in [2.05, 4.69) is 51.1 Å². The summed E-state index contributed by atoms with van der Waals surface area (Å²) in [5.41, 5.74) is 6.75. The lowest BCUT2D eigenvalue weighted by Crippen LogP contribution is -2.42. The molecule has 2 aromatic heterocycles. The number of anilines is 1. The number of fused-ring (bicyclic) bond motifs is 1. The molecule has 11 heteroatoms. The van der Waals surface area contributed by atoms with Crippen molar-refractivity contribution in [1.82, 2.24) is 29.7 Å². The van der Waals surface area contributed by atoms with Crippen LogP contribution in [0.3, 0.4) is 0 Å². The van der Waals surface area contributed by atoms with Crippen LogP contribution >= 0.6 is 0 Å². The molecule has 0 bridgehead atoms. The number of nitrogens with one attached hydrogen (secondary N) is 1. The molecule has 1 amide bonds. The number of rotatable bonds is 6. The van der Waals surface area contributed by atoms with Crippen LogP contribution < -0.4 is 11.1 Å². The number of nitrogen functional groups attached to an aromatic ring is 1. The molecule has 2 aliphatic rings. The van der Waals surface area contributed by atoms with Gasteiger partial charge in [0.1, 0.15) is 17.7 Å². The first-order valence-corrected chi connectivity index (χ1v) is 12.2. The maximum atomic E-state index is 12.2. The van der Waals surface area contributed by atoms with Crippen molar-refractivity contribution in [3.8, 4) is 11.8 Å². The monoisotopic (exact) mass is 485 g/mol. The van der Waals surface area contributed by atoms with Gasteiger partial charge in [-0.15, -0.1) is 0 Å². The molecule has 35 heavy (non-hydrogen) atoms. The third kappa shape index (κ3) is 5.56. The molecule has 5 N–H and O–H groups in total. The molecule has 4 atom stereocenters. The molecule has 2 fully saturated rings. The van der Waals surface area contributed by atoms with Gasteiger partial charge in [0.2, 0.25) is 5.82 Å². The van der Waals surface area contributed by atoms with Gasteiger partial charge in [-0.2, -0.15) is 0 Å². The summed E-state index contributed by atoms with van der Waals surface area (Å²) in [5.74, 6) is 7.48. The van der Waals surface area contributed by atoms with Gasteiger partial charge in [0.05, 0.1) is 6.33 Å². The zero-order chi connectivity index (χ0) is 25.1. The van der Waals surface area contributed by atoms with Crippen LogP contribution in [-0.4, -0.2) is 86.0 Å². The molecule has 1 aliphatic carbocycles.